The molecule has 0 radical (unpaired) electrons. The van der Waals surface area contributed by atoms with Gasteiger partial charge >= 0.3 is 0 Å². The summed E-state index contributed by atoms with van der Waals surface area (Å²) in [5, 5.41) is 4.96. The molecule has 33 heavy (non-hydrogen) atoms. The van der Waals surface area contributed by atoms with E-state index in [4.69, 9.17) is 0 Å². The van der Waals surface area contributed by atoms with Gasteiger partial charge in [0, 0.05) is 39.3 Å². The van der Waals surface area contributed by atoms with Crippen molar-refractivity contribution in [1.82, 2.24) is 0 Å². The molecular weight excluding hydrogens is 471 g/mol. The van der Waals surface area contributed by atoms with E-state index in [0.29, 0.717) is 0 Å². The first-order valence-electron chi connectivity index (χ1n) is 10.5. The lowest BCUT2D eigenvalue weighted by Gasteiger charge is -1.95. The summed E-state index contributed by atoms with van der Waals surface area (Å²) in [6.07, 6.45) is 0. The molecule has 7 aromatic rings. The Hall–Kier alpha value is -3.12. The maximum absolute atomic E-state index is 13.3. The van der Waals surface area contributed by atoms with Crippen LogP contribution >= 0.6 is 34.0 Å². The molecule has 4 aromatic carbocycles. The zero-order valence-corrected chi connectivity index (χ0v) is 19.5. The van der Waals surface area contributed by atoms with E-state index < -0.39 is 0 Å². The average molecular weight is 485 g/mol. The molecule has 158 valence electrons. The monoisotopic (exact) mass is 484 g/mol. The van der Waals surface area contributed by atoms with Crippen LogP contribution in [0.25, 0.3) is 61.2 Å². The predicted octanol–water partition coefficient (Wildman–Crippen LogP) is 10.1. The maximum atomic E-state index is 13.3. The molecule has 0 aliphatic carbocycles. The molecule has 0 saturated carbocycles. The third kappa shape index (κ3) is 3.19. The molecule has 0 saturated heterocycles. The molecule has 0 N–H and O–H groups in total. The van der Waals surface area contributed by atoms with Crippen molar-refractivity contribution >= 4 is 74.4 Å². The number of halogens is 2. The van der Waals surface area contributed by atoms with E-state index in [-0.39, 0.29) is 11.6 Å². The summed E-state index contributed by atoms with van der Waals surface area (Å²) in [5.74, 6) is -0.427. The summed E-state index contributed by atoms with van der Waals surface area (Å²) in [6.45, 7) is 0. The maximum Gasteiger partial charge on any atom is 0.123 e. The lowest BCUT2D eigenvalue weighted by atomic mass is 10.1. The lowest BCUT2D eigenvalue weighted by molar-refractivity contribution is 0.627. The second-order valence-corrected chi connectivity index (χ2v) is 11.4. The highest BCUT2D eigenvalue weighted by Crippen LogP contribution is 2.44. The minimum Gasteiger partial charge on any atom is -0.207 e. The van der Waals surface area contributed by atoms with Crippen LogP contribution in [0, 0.1) is 11.6 Å². The molecule has 0 bridgehead atoms. The van der Waals surface area contributed by atoms with E-state index in [1.807, 2.05) is 35.6 Å². The van der Waals surface area contributed by atoms with Crippen molar-refractivity contribution in [2.24, 2.45) is 0 Å². The van der Waals surface area contributed by atoms with Gasteiger partial charge in [-0.1, -0.05) is 24.3 Å². The quantitative estimate of drug-likeness (QED) is 0.229. The summed E-state index contributed by atoms with van der Waals surface area (Å²) in [6, 6.07) is 26.9. The van der Waals surface area contributed by atoms with Crippen LogP contribution in [0.5, 0.6) is 0 Å². The minimum atomic E-state index is -0.214. The Bertz CT molecular complexity index is 1680. The molecule has 0 aliphatic rings. The van der Waals surface area contributed by atoms with Crippen molar-refractivity contribution in [3.05, 3.63) is 96.6 Å². The van der Waals surface area contributed by atoms with Crippen molar-refractivity contribution < 1.29 is 8.78 Å². The normalized spacial score (nSPS) is 11.9. The van der Waals surface area contributed by atoms with E-state index in [0.717, 1.165) is 20.9 Å². The molecule has 0 spiro atoms. The first-order valence-corrected chi connectivity index (χ1v) is 12.9. The fraction of sp³-hybridized carbons (Fsp3) is 0. The summed E-state index contributed by atoms with van der Waals surface area (Å²) in [5.41, 5.74) is 2.08. The largest absolute Gasteiger partial charge is 0.207 e. The van der Waals surface area contributed by atoms with E-state index >= 15 is 0 Å². The third-order valence-electron chi connectivity index (χ3n) is 6.00. The van der Waals surface area contributed by atoms with Gasteiger partial charge in [0.05, 0.1) is 0 Å². The number of rotatable bonds is 2. The zero-order valence-electron chi connectivity index (χ0n) is 17.1. The van der Waals surface area contributed by atoms with Crippen molar-refractivity contribution in [3.63, 3.8) is 0 Å². The fourth-order valence-electron chi connectivity index (χ4n) is 4.36. The molecule has 3 heterocycles. The number of hydrogen-bond acceptors (Lipinski definition) is 3. The number of benzene rings is 4. The van der Waals surface area contributed by atoms with Crippen LogP contribution in [-0.2, 0) is 0 Å². The average Bonchev–Trinajstić information content (AvgIpc) is 3.51. The van der Waals surface area contributed by atoms with Crippen LogP contribution in [0.15, 0.2) is 84.9 Å². The highest BCUT2D eigenvalue weighted by molar-refractivity contribution is 7.27. The Morgan fingerprint density at radius 3 is 1.27 bits per heavy atom. The van der Waals surface area contributed by atoms with Crippen LogP contribution < -0.4 is 0 Å². The van der Waals surface area contributed by atoms with Crippen LogP contribution in [0.1, 0.15) is 0 Å². The second-order valence-electron chi connectivity index (χ2n) is 8.11. The van der Waals surface area contributed by atoms with Gasteiger partial charge in [-0.05, 0) is 82.6 Å². The fourth-order valence-corrected chi connectivity index (χ4v) is 7.83. The molecule has 3 aromatic heterocycles. The number of thiophene rings is 3. The van der Waals surface area contributed by atoms with Crippen LogP contribution in [0.2, 0.25) is 0 Å². The summed E-state index contributed by atoms with van der Waals surface area (Å²) in [7, 11) is 0. The minimum absolute atomic E-state index is 0.214. The van der Waals surface area contributed by atoms with Crippen LogP contribution in [0.3, 0.4) is 0 Å². The summed E-state index contributed by atoms with van der Waals surface area (Å²) in [4.78, 5) is 2.30. The first-order chi connectivity index (χ1) is 16.1. The van der Waals surface area contributed by atoms with Gasteiger partial charge in [-0.15, -0.1) is 34.0 Å². The Morgan fingerprint density at radius 1 is 0.424 bits per heavy atom. The number of hydrogen-bond donors (Lipinski definition) is 0. The van der Waals surface area contributed by atoms with E-state index in [1.54, 1.807) is 22.7 Å². The highest BCUT2D eigenvalue weighted by atomic mass is 32.1. The highest BCUT2D eigenvalue weighted by Gasteiger charge is 2.13. The molecule has 0 fully saturated rings. The van der Waals surface area contributed by atoms with Crippen molar-refractivity contribution in [2.75, 3.05) is 0 Å². The Balaban J connectivity index is 1.38. The molecule has 0 amide bonds. The number of fused-ring (bicyclic) bond motifs is 5. The standard InChI is InChI=1S/C28H14F2S3/c29-19-5-1-15(2-6-19)23-11-17-9-21-22-10-18-12-24(16-3-7-20(30)8-4-16)32-26(18)14-28(22)33-27(21)13-25(17)31-23/h1-14H. The van der Waals surface area contributed by atoms with Crippen molar-refractivity contribution in [3.8, 4) is 20.9 Å². The van der Waals surface area contributed by atoms with Gasteiger partial charge in [0.15, 0.2) is 0 Å². The molecule has 0 atom stereocenters. The van der Waals surface area contributed by atoms with Crippen molar-refractivity contribution in [1.29, 1.82) is 0 Å². The van der Waals surface area contributed by atoms with Crippen molar-refractivity contribution in [2.45, 2.75) is 0 Å². The second kappa shape index (κ2) is 7.19. The lowest BCUT2D eigenvalue weighted by Crippen LogP contribution is -1.73. The van der Waals surface area contributed by atoms with Gasteiger partial charge in [0.25, 0.3) is 0 Å². The third-order valence-corrected chi connectivity index (χ3v) is 9.41. The summed E-state index contributed by atoms with van der Waals surface area (Å²) < 4.78 is 31.7. The molecule has 5 heteroatoms. The first kappa shape index (κ1) is 19.4. The van der Waals surface area contributed by atoms with E-state index in [9.17, 15) is 8.78 Å². The van der Waals surface area contributed by atoms with Crippen LogP contribution in [-0.4, -0.2) is 0 Å². The van der Waals surface area contributed by atoms with E-state index in [2.05, 4.69) is 36.4 Å². The molecule has 0 aliphatic heterocycles. The smallest absolute Gasteiger partial charge is 0.123 e. The Kier molecular flexibility index (Phi) is 4.22. The SMILES string of the molecule is Fc1ccc(-c2cc3cc4c(cc3s2)sc2cc3sc(-c5ccc(F)cc5)cc3cc24)cc1. The molecule has 0 unspecified atom stereocenters. The van der Waals surface area contributed by atoms with Gasteiger partial charge in [0.1, 0.15) is 11.6 Å². The van der Waals surface area contributed by atoms with Crippen LogP contribution in [0.4, 0.5) is 8.78 Å². The molecular formula is C28H14F2S3. The molecule has 0 nitrogen and oxygen atoms in total. The van der Waals surface area contributed by atoms with Gasteiger partial charge in [-0.25, -0.2) is 8.78 Å². The predicted molar refractivity (Wildman–Crippen MR) is 141 cm³/mol. The van der Waals surface area contributed by atoms with Gasteiger partial charge < -0.3 is 0 Å². The Morgan fingerprint density at radius 2 is 0.848 bits per heavy atom. The van der Waals surface area contributed by atoms with Gasteiger partial charge in [0.2, 0.25) is 0 Å². The van der Waals surface area contributed by atoms with Gasteiger partial charge in [-0.2, -0.15) is 0 Å². The molecule has 7 rings (SSSR count). The summed E-state index contributed by atoms with van der Waals surface area (Å²) >= 11 is 5.31. The van der Waals surface area contributed by atoms with Gasteiger partial charge in [-0.3, -0.25) is 0 Å². The zero-order chi connectivity index (χ0) is 22.1. The van der Waals surface area contributed by atoms with E-state index in [1.165, 1.54) is 64.6 Å². The Labute approximate surface area is 200 Å². The topological polar surface area (TPSA) is 0 Å².